The highest BCUT2D eigenvalue weighted by molar-refractivity contribution is 7.10. The molecule has 1 aliphatic rings. The monoisotopic (exact) mass is 313 g/mol. The lowest BCUT2D eigenvalue weighted by atomic mass is 9.86. The van der Waals surface area contributed by atoms with Crippen LogP contribution in [0.1, 0.15) is 51.7 Å². The van der Waals surface area contributed by atoms with Gasteiger partial charge in [0.2, 0.25) is 0 Å². The van der Waals surface area contributed by atoms with Crippen LogP contribution in [0.5, 0.6) is 0 Å². The Morgan fingerprint density at radius 1 is 1.36 bits per heavy atom. The molecule has 0 radical (unpaired) electrons. The van der Waals surface area contributed by atoms with Crippen molar-refractivity contribution in [3.63, 3.8) is 0 Å². The third-order valence-electron chi connectivity index (χ3n) is 4.72. The number of hydrogen-bond donors (Lipinski definition) is 1. The van der Waals surface area contributed by atoms with Crippen molar-refractivity contribution in [1.82, 2.24) is 0 Å². The Balaban J connectivity index is 1.82. The van der Waals surface area contributed by atoms with Crippen LogP contribution in [0.2, 0.25) is 0 Å². The maximum absolute atomic E-state index is 12.7. The number of aryl methyl sites for hydroxylation is 2. The van der Waals surface area contributed by atoms with Crippen LogP contribution in [-0.2, 0) is 12.8 Å². The van der Waals surface area contributed by atoms with Crippen LogP contribution in [0.15, 0.2) is 23.6 Å². The molecule has 1 N–H and O–H groups in total. The van der Waals surface area contributed by atoms with E-state index in [2.05, 4.69) is 24.4 Å². The minimum Gasteiger partial charge on any atom is -0.322 e. The SMILES string of the molecule is CCC1CCc2c(C(=O)Nc3cc(C)ccc3C)csc2C1. The van der Waals surface area contributed by atoms with Gasteiger partial charge in [-0.2, -0.15) is 0 Å². The summed E-state index contributed by atoms with van der Waals surface area (Å²) in [6.07, 6.45) is 4.64. The number of hydrogen-bond acceptors (Lipinski definition) is 2. The molecule has 1 unspecified atom stereocenters. The van der Waals surface area contributed by atoms with E-state index in [1.54, 1.807) is 11.3 Å². The normalized spacial score (nSPS) is 17.1. The summed E-state index contributed by atoms with van der Waals surface area (Å²) >= 11 is 1.76. The molecule has 0 spiro atoms. The fourth-order valence-corrected chi connectivity index (χ4v) is 4.38. The smallest absolute Gasteiger partial charge is 0.256 e. The Kier molecular flexibility index (Phi) is 4.34. The van der Waals surface area contributed by atoms with E-state index in [4.69, 9.17) is 0 Å². The lowest BCUT2D eigenvalue weighted by molar-refractivity contribution is 0.102. The molecule has 2 nitrogen and oxygen atoms in total. The quantitative estimate of drug-likeness (QED) is 0.836. The third kappa shape index (κ3) is 2.95. The molecular formula is C19H23NOS. The molecule has 1 aliphatic carbocycles. The van der Waals surface area contributed by atoms with Crippen LogP contribution in [0.4, 0.5) is 5.69 Å². The molecule has 2 aromatic rings. The number of benzene rings is 1. The van der Waals surface area contributed by atoms with Gasteiger partial charge in [0, 0.05) is 15.9 Å². The van der Waals surface area contributed by atoms with Crippen molar-refractivity contribution >= 4 is 22.9 Å². The molecule has 1 atom stereocenters. The standard InChI is InChI=1S/C19H23NOS/c1-4-14-7-8-15-16(11-22-18(15)10-14)19(21)20-17-9-12(2)5-6-13(17)3/h5-6,9,11,14H,4,7-8,10H2,1-3H3,(H,20,21). The summed E-state index contributed by atoms with van der Waals surface area (Å²) in [5, 5.41) is 5.14. The van der Waals surface area contributed by atoms with Crippen molar-refractivity contribution in [2.45, 2.75) is 46.5 Å². The van der Waals surface area contributed by atoms with E-state index in [1.165, 1.54) is 28.8 Å². The average molecular weight is 313 g/mol. The van der Waals surface area contributed by atoms with Crippen molar-refractivity contribution in [1.29, 1.82) is 0 Å². The number of anilines is 1. The Labute approximate surface area is 136 Å². The molecule has 0 saturated heterocycles. The van der Waals surface area contributed by atoms with Crippen LogP contribution >= 0.6 is 11.3 Å². The number of nitrogens with one attached hydrogen (secondary N) is 1. The zero-order valence-corrected chi connectivity index (χ0v) is 14.3. The Hall–Kier alpha value is -1.61. The molecule has 1 aromatic heterocycles. The average Bonchev–Trinajstić information content (AvgIpc) is 2.93. The molecule has 3 rings (SSSR count). The summed E-state index contributed by atoms with van der Waals surface area (Å²) in [5.41, 5.74) is 5.37. The largest absolute Gasteiger partial charge is 0.322 e. The second-order valence-corrected chi connectivity index (χ2v) is 7.30. The van der Waals surface area contributed by atoms with Crippen molar-refractivity contribution in [2.75, 3.05) is 5.32 Å². The molecule has 3 heteroatoms. The summed E-state index contributed by atoms with van der Waals surface area (Å²) in [5.74, 6) is 0.835. The number of thiophene rings is 1. The van der Waals surface area contributed by atoms with Gasteiger partial charge in [-0.1, -0.05) is 25.5 Å². The first-order valence-electron chi connectivity index (χ1n) is 8.06. The highest BCUT2D eigenvalue weighted by Gasteiger charge is 2.24. The van der Waals surface area contributed by atoms with E-state index in [0.717, 1.165) is 35.6 Å². The van der Waals surface area contributed by atoms with Crippen molar-refractivity contribution in [3.8, 4) is 0 Å². The predicted molar refractivity (Wildman–Crippen MR) is 94.0 cm³/mol. The topological polar surface area (TPSA) is 29.1 Å². The zero-order valence-electron chi connectivity index (χ0n) is 13.5. The van der Waals surface area contributed by atoms with E-state index >= 15 is 0 Å². The van der Waals surface area contributed by atoms with E-state index in [1.807, 2.05) is 25.3 Å². The minimum atomic E-state index is 0.0427. The summed E-state index contributed by atoms with van der Waals surface area (Å²) in [4.78, 5) is 14.1. The Morgan fingerprint density at radius 2 is 2.18 bits per heavy atom. The van der Waals surface area contributed by atoms with Gasteiger partial charge in [0.1, 0.15) is 0 Å². The maximum Gasteiger partial charge on any atom is 0.256 e. The Bertz CT molecular complexity index is 701. The van der Waals surface area contributed by atoms with Gasteiger partial charge >= 0.3 is 0 Å². The van der Waals surface area contributed by atoms with Crippen molar-refractivity contribution < 1.29 is 4.79 Å². The molecule has 0 aliphatic heterocycles. The lowest BCUT2D eigenvalue weighted by Crippen LogP contribution is -2.17. The summed E-state index contributed by atoms with van der Waals surface area (Å²) in [6, 6.07) is 6.17. The molecule has 0 saturated carbocycles. The van der Waals surface area contributed by atoms with E-state index in [-0.39, 0.29) is 5.91 Å². The minimum absolute atomic E-state index is 0.0427. The lowest BCUT2D eigenvalue weighted by Gasteiger charge is -2.21. The van der Waals surface area contributed by atoms with Gasteiger partial charge in [-0.25, -0.2) is 0 Å². The highest BCUT2D eigenvalue weighted by atomic mass is 32.1. The number of amides is 1. The zero-order chi connectivity index (χ0) is 15.7. The molecular weight excluding hydrogens is 290 g/mol. The number of carbonyl (C=O) groups is 1. The first-order valence-corrected chi connectivity index (χ1v) is 8.94. The van der Waals surface area contributed by atoms with E-state index in [9.17, 15) is 4.79 Å². The number of fused-ring (bicyclic) bond motifs is 1. The van der Waals surface area contributed by atoms with Gasteiger partial charge in [-0.15, -0.1) is 11.3 Å². The van der Waals surface area contributed by atoms with Crippen molar-refractivity contribution in [3.05, 3.63) is 50.7 Å². The van der Waals surface area contributed by atoms with Crippen LogP contribution in [0.25, 0.3) is 0 Å². The highest BCUT2D eigenvalue weighted by Crippen LogP contribution is 2.34. The van der Waals surface area contributed by atoms with Gasteiger partial charge in [-0.3, -0.25) is 4.79 Å². The summed E-state index contributed by atoms with van der Waals surface area (Å²) < 4.78 is 0. The third-order valence-corrected chi connectivity index (χ3v) is 5.77. The fourth-order valence-electron chi connectivity index (χ4n) is 3.18. The van der Waals surface area contributed by atoms with Crippen LogP contribution in [0, 0.1) is 19.8 Å². The molecule has 0 fully saturated rings. The molecule has 0 bridgehead atoms. The summed E-state index contributed by atoms with van der Waals surface area (Å²) in [7, 11) is 0. The predicted octanol–water partition coefficient (Wildman–Crippen LogP) is 5.13. The van der Waals surface area contributed by atoms with E-state index in [0.29, 0.717) is 0 Å². The van der Waals surface area contributed by atoms with Gasteiger partial charge in [0.15, 0.2) is 0 Å². The van der Waals surface area contributed by atoms with Crippen LogP contribution in [0.3, 0.4) is 0 Å². The number of rotatable bonds is 3. The van der Waals surface area contributed by atoms with Gasteiger partial charge in [0.05, 0.1) is 5.56 Å². The van der Waals surface area contributed by atoms with Crippen LogP contribution < -0.4 is 5.32 Å². The fraction of sp³-hybridized carbons (Fsp3) is 0.421. The number of carbonyl (C=O) groups excluding carboxylic acids is 1. The molecule has 116 valence electrons. The van der Waals surface area contributed by atoms with Gasteiger partial charge in [0.25, 0.3) is 5.91 Å². The van der Waals surface area contributed by atoms with E-state index < -0.39 is 0 Å². The molecule has 22 heavy (non-hydrogen) atoms. The van der Waals surface area contributed by atoms with Gasteiger partial charge in [-0.05, 0) is 61.8 Å². The maximum atomic E-state index is 12.7. The molecule has 1 heterocycles. The first kappa shape index (κ1) is 15.3. The van der Waals surface area contributed by atoms with Crippen molar-refractivity contribution in [2.24, 2.45) is 5.92 Å². The van der Waals surface area contributed by atoms with Crippen LogP contribution in [-0.4, -0.2) is 5.91 Å². The Morgan fingerprint density at radius 3 is 2.95 bits per heavy atom. The second-order valence-electron chi connectivity index (χ2n) is 6.34. The van der Waals surface area contributed by atoms with Gasteiger partial charge < -0.3 is 5.32 Å². The molecule has 1 aromatic carbocycles. The summed E-state index contributed by atoms with van der Waals surface area (Å²) in [6.45, 7) is 6.34. The first-order chi connectivity index (χ1) is 10.6. The molecule has 1 amide bonds. The second kappa shape index (κ2) is 6.25.